The van der Waals surface area contributed by atoms with Crippen LogP contribution < -0.4 is 5.73 Å². The maximum absolute atomic E-state index is 12.0. The summed E-state index contributed by atoms with van der Waals surface area (Å²) < 4.78 is 0. The molecule has 9 heteroatoms. The van der Waals surface area contributed by atoms with E-state index in [0.29, 0.717) is 13.0 Å². The Morgan fingerprint density at radius 1 is 1.05 bits per heavy atom. The van der Waals surface area contributed by atoms with Gasteiger partial charge in [0, 0.05) is 6.54 Å². The number of aliphatic hydroxyl groups is 4. The lowest BCUT2D eigenvalue weighted by Crippen LogP contribution is -2.68. The van der Waals surface area contributed by atoms with Gasteiger partial charge in [-0.3, -0.25) is 9.59 Å². The molecule has 0 radical (unpaired) electrons. The summed E-state index contributed by atoms with van der Waals surface area (Å²) in [5, 5.41) is 38.9. The van der Waals surface area contributed by atoms with Gasteiger partial charge in [-0.05, 0) is 13.0 Å². The number of aliphatic hydroxyl groups excluding tert-OH is 4. The molecule has 0 bridgehead atoms. The zero-order chi connectivity index (χ0) is 15.0. The maximum Gasteiger partial charge on any atom is 0.314 e. The van der Waals surface area contributed by atoms with Crippen molar-refractivity contribution in [3.63, 3.8) is 0 Å². The van der Waals surface area contributed by atoms with Crippen molar-refractivity contribution in [3.05, 3.63) is 0 Å². The summed E-state index contributed by atoms with van der Waals surface area (Å²) >= 11 is 0. The highest BCUT2D eigenvalue weighted by Gasteiger charge is 2.58. The first-order valence-corrected chi connectivity index (χ1v) is 6.44. The number of nitrogens with zero attached hydrogens (tertiary/aromatic N) is 2. The third-order valence-electron chi connectivity index (χ3n) is 3.83. The molecule has 0 aromatic carbocycles. The number of fused-ring (bicyclic) bond motifs is 1. The van der Waals surface area contributed by atoms with Crippen LogP contribution >= 0.6 is 0 Å². The predicted octanol–water partition coefficient (Wildman–Crippen LogP) is -4.21. The van der Waals surface area contributed by atoms with E-state index in [1.165, 1.54) is 0 Å². The first-order valence-electron chi connectivity index (χ1n) is 6.44. The van der Waals surface area contributed by atoms with Gasteiger partial charge >= 0.3 is 11.8 Å². The Morgan fingerprint density at radius 3 is 2.25 bits per heavy atom. The summed E-state index contributed by atoms with van der Waals surface area (Å²) in [5.74, 6) is -1.74. The molecule has 6 N–H and O–H groups in total. The van der Waals surface area contributed by atoms with Crippen molar-refractivity contribution >= 4 is 11.8 Å². The zero-order valence-corrected chi connectivity index (χ0v) is 10.8. The molecular formula is C11H19N3O6. The number of carbonyl (C=O) groups excluding carboxylic acids is 2. The third-order valence-corrected chi connectivity index (χ3v) is 3.83. The minimum atomic E-state index is -1.55. The van der Waals surface area contributed by atoms with E-state index in [2.05, 4.69) is 0 Å². The van der Waals surface area contributed by atoms with Crippen LogP contribution in [0.3, 0.4) is 0 Å². The molecule has 2 aliphatic heterocycles. The molecule has 2 saturated heterocycles. The highest BCUT2D eigenvalue weighted by atomic mass is 16.4. The van der Waals surface area contributed by atoms with Crippen molar-refractivity contribution in [2.24, 2.45) is 5.73 Å². The molecule has 20 heavy (non-hydrogen) atoms. The van der Waals surface area contributed by atoms with Gasteiger partial charge in [-0.15, -0.1) is 0 Å². The van der Waals surface area contributed by atoms with Crippen LogP contribution in [0.5, 0.6) is 0 Å². The van der Waals surface area contributed by atoms with Gasteiger partial charge in [0.15, 0.2) is 0 Å². The van der Waals surface area contributed by atoms with Gasteiger partial charge in [0.25, 0.3) is 0 Å². The van der Waals surface area contributed by atoms with Crippen LogP contribution in [0.15, 0.2) is 0 Å². The first kappa shape index (κ1) is 15.1. The van der Waals surface area contributed by atoms with Crippen LogP contribution in [0.2, 0.25) is 0 Å². The van der Waals surface area contributed by atoms with Crippen molar-refractivity contribution in [2.45, 2.75) is 36.9 Å². The molecule has 0 aromatic rings. The monoisotopic (exact) mass is 289 g/mol. The smallest absolute Gasteiger partial charge is 0.314 e. The Kier molecular flexibility index (Phi) is 4.25. The van der Waals surface area contributed by atoms with Crippen molar-refractivity contribution in [2.75, 3.05) is 19.7 Å². The fraction of sp³-hybridized carbons (Fsp3) is 0.818. The largest absolute Gasteiger partial charge is 0.394 e. The Hall–Kier alpha value is -1.26. The molecule has 0 saturated carbocycles. The van der Waals surface area contributed by atoms with Crippen LogP contribution in [-0.4, -0.2) is 92.3 Å². The standard InChI is InChI=1S/C11H19N3O6/c12-2-1-3-13-9-8(18)7(17)6(16)5(4-15)14(9)11(20)10(13)19/h5-9,15-18H,1-4,12H2/t5-,6-,7+,8+,9+/m1/s1. The lowest BCUT2D eigenvalue weighted by atomic mass is 9.92. The summed E-state index contributed by atoms with van der Waals surface area (Å²) in [4.78, 5) is 26.0. The number of hydrogen-bond donors (Lipinski definition) is 5. The SMILES string of the molecule is NCCCN1C(=O)C(=O)N2[C@H](CO)[C@@H](O)[C@H](O)[C@H](O)[C@@H]12. The maximum atomic E-state index is 12.0. The van der Waals surface area contributed by atoms with E-state index in [1.54, 1.807) is 0 Å². The highest BCUT2D eigenvalue weighted by Crippen LogP contribution is 2.31. The lowest BCUT2D eigenvalue weighted by molar-refractivity contribution is -0.187. The summed E-state index contributed by atoms with van der Waals surface area (Å²) in [6.07, 6.45) is -5.22. The molecule has 2 heterocycles. The van der Waals surface area contributed by atoms with E-state index in [-0.39, 0.29) is 6.54 Å². The van der Waals surface area contributed by atoms with Gasteiger partial charge in [0.1, 0.15) is 24.5 Å². The van der Waals surface area contributed by atoms with Crippen LogP contribution in [-0.2, 0) is 9.59 Å². The summed E-state index contributed by atoms with van der Waals surface area (Å²) in [7, 11) is 0. The number of hydrogen-bond acceptors (Lipinski definition) is 7. The average Bonchev–Trinajstić information content (AvgIpc) is 2.68. The fourth-order valence-corrected chi connectivity index (χ4v) is 2.78. The van der Waals surface area contributed by atoms with Gasteiger partial charge in [-0.1, -0.05) is 0 Å². The van der Waals surface area contributed by atoms with Gasteiger partial charge in [0.05, 0.1) is 12.6 Å². The lowest BCUT2D eigenvalue weighted by Gasteiger charge is -2.46. The van der Waals surface area contributed by atoms with E-state index in [1.807, 2.05) is 0 Å². The van der Waals surface area contributed by atoms with Gasteiger partial charge < -0.3 is 36.0 Å². The fourth-order valence-electron chi connectivity index (χ4n) is 2.78. The molecule has 9 nitrogen and oxygen atoms in total. The zero-order valence-electron chi connectivity index (χ0n) is 10.8. The number of nitrogens with two attached hydrogens (primary N) is 1. The molecule has 0 aliphatic carbocycles. The summed E-state index contributed by atoms with van der Waals surface area (Å²) in [6, 6.07) is -1.13. The topological polar surface area (TPSA) is 148 Å². The Balaban J connectivity index is 2.34. The second-order valence-corrected chi connectivity index (χ2v) is 4.99. The second kappa shape index (κ2) is 5.62. The van der Waals surface area contributed by atoms with E-state index >= 15 is 0 Å². The molecule has 2 aliphatic rings. The van der Waals surface area contributed by atoms with E-state index in [0.717, 1.165) is 9.80 Å². The number of amides is 2. The van der Waals surface area contributed by atoms with Crippen LogP contribution in [0.25, 0.3) is 0 Å². The highest BCUT2D eigenvalue weighted by molar-refractivity contribution is 6.37. The number of rotatable bonds is 4. The molecular weight excluding hydrogens is 270 g/mol. The minimum Gasteiger partial charge on any atom is -0.394 e. The Bertz CT molecular complexity index is 406. The molecule has 0 spiro atoms. The van der Waals surface area contributed by atoms with Crippen LogP contribution in [0, 0.1) is 0 Å². The quantitative estimate of drug-likeness (QED) is 0.329. The van der Waals surface area contributed by atoms with Gasteiger partial charge in [-0.25, -0.2) is 0 Å². The Morgan fingerprint density at radius 2 is 1.70 bits per heavy atom. The molecule has 0 aromatic heterocycles. The van der Waals surface area contributed by atoms with Crippen LogP contribution in [0.4, 0.5) is 0 Å². The van der Waals surface area contributed by atoms with E-state index in [9.17, 15) is 30.0 Å². The van der Waals surface area contributed by atoms with Crippen LogP contribution in [0.1, 0.15) is 6.42 Å². The van der Waals surface area contributed by atoms with Crippen molar-refractivity contribution < 1.29 is 30.0 Å². The molecule has 2 amide bonds. The average molecular weight is 289 g/mol. The van der Waals surface area contributed by atoms with E-state index in [4.69, 9.17) is 5.73 Å². The summed E-state index contributed by atoms with van der Waals surface area (Å²) in [6.45, 7) is -0.166. The number of carbonyl (C=O) groups is 2. The molecule has 5 atom stereocenters. The first-order chi connectivity index (χ1) is 9.45. The molecule has 2 fully saturated rings. The Labute approximate surface area is 115 Å². The normalized spacial score (nSPS) is 37.5. The summed E-state index contributed by atoms with van der Waals surface area (Å²) in [5.41, 5.74) is 5.36. The van der Waals surface area contributed by atoms with E-state index < -0.39 is 48.9 Å². The third kappa shape index (κ3) is 2.07. The molecule has 0 unspecified atom stereocenters. The number of piperidine rings is 1. The van der Waals surface area contributed by atoms with Crippen molar-refractivity contribution in [3.8, 4) is 0 Å². The minimum absolute atomic E-state index is 0.153. The predicted molar refractivity (Wildman–Crippen MR) is 64.9 cm³/mol. The second-order valence-electron chi connectivity index (χ2n) is 4.99. The molecule has 2 rings (SSSR count). The van der Waals surface area contributed by atoms with Crippen molar-refractivity contribution in [1.29, 1.82) is 0 Å². The molecule has 114 valence electrons. The van der Waals surface area contributed by atoms with Gasteiger partial charge in [-0.2, -0.15) is 0 Å². The van der Waals surface area contributed by atoms with Gasteiger partial charge in [0.2, 0.25) is 0 Å². The van der Waals surface area contributed by atoms with Crippen molar-refractivity contribution in [1.82, 2.24) is 9.80 Å².